The zero-order chi connectivity index (χ0) is 43.8. The monoisotopic (exact) mass is 807 g/mol. The number of halogens is 1. The molecule has 9 rings (SSSR count). The molecule has 2 aliphatic heterocycles. The minimum Gasteiger partial charge on any atom is -0.311 e. The fourth-order valence-electron chi connectivity index (χ4n) is 10.4. The Morgan fingerprint density at radius 3 is 1.59 bits per heavy atom. The molecule has 0 radical (unpaired) electrons. The molecular formula is C57H64BFN2. The lowest BCUT2D eigenvalue weighted by Gasteiger charge is -2.48. The zero-order valence-corrected chi connectivity index (χ0v) is 39.2. The van der Waals surface area contributed by atoms with E-state index in [1.165, 1.54) is 66.8 Å². The van der Waals surface area contributed by atoms with Crippen molar-refractivity contribution in [2.24, 2.45) is 0 Å². The van der Waals surface area contributed by atoms with Crippen LogP contribution in [0.3, 0.4) is 0 Å². The molecule has 6 aromatic rings. The van der Waals surface area contributed by atoms with Gasteiger partial charge >= 0.3 is 0 Å². The molecule has 0 fully saturated rings. The standard InChI is InChI=1S/C57H64BFN2/c1-35-29-50-52-51(30-35)61(47-25-21-37(54(5,6)7)31-41(47)40-17-15-16-18-46(40)59)49-34-43-42(56(11,12)27-28-57(43,13)14)33-45(49)58(52)44-32-38(55(8,9)10)22-26-48(44)60(50)39-23-19-36(20-24-39)53(2,3)4/h15-26,29-34H,27-28H2,1-14H3. The number of benzene rings is 6. The van der Waals surface area contributed by atoms with Crippen LogP contribution < -0.4 is 26.2 Å². The first-order valence-electron chi connectivity index (χ1n) is 22.5. The summed E-state index contributed by atoms with van der Waals surface area (Å²) in [7, 11) is 0. The van der Waals surface area contributed by atoms with Crippen molar-refractivity contribution in [3.8, 4) is 11.1 Å². The lowest BCUT2D eigenvalue weighted by Crippen LogP contribution is -2.62. The van der Waals surface area contributed by atoms with E-state index in [2.05, 4.69) is 192 Å². The van der Waals surface area contributed by atoms with Gasteiger partial charge in [0.1, 0.15) is 5.82 Å². The summed E-state index contributed by atoms with van der Waals surface area (Å²) in [6.45, 7) is 32.5. The van der Waals surface area contributed by atoms with Crippen LogP contribution in [0.1, 0.15) is 136 Å². The molecule has 2 nitrogen and oxygen atoms in total. The Kier molecular flexibility index (Phi) is 9.28. The molecule has 312 valence electrons. The Labute approximate surface area is 366 Å². The summed E-state index contributed by atoms with van der Waals surface area (Å²) < 4.78 is 16.3. The fourth-order valence-corrected chi connectivity index (χ4v) is 10.4. The Balaban J connectivity index is 1.43. The molecular weight excluding hydrogens is 742 g/mol. The second-order valence-electron chi connectivity index (χ2n) is 22.8. The van der Waals surface area contributed by atoms with E-state index in [9.17, 15) is 0 Å². The third-order valence-corrected chi connectivity index (χ3v) is 14.3. The number of rotatable bonds is 3. The van der Waals surface area contributed by atoms with E-state index in [4.69, 9.17) is 0 Å². The Hall–Kier alpha value is -5.09. The summed E-state index contributed by atoms with van der Waals surface area (Å²) >= 11 is 0. The zero-order valence-electron chi connectivity index (χ0n) is 39.2. The number of hydrogen-bond donors (Lipinski definition) is 0. The number of aryl methyl sites for hydroxylation is 1. The van der Waals surface area contributed by atoms with Crippen molar-refractivity contribution in [1.82, 2.24) is 0 Å². The molecule has 2 heterocycles. The van der Waals surface area contributed by atoms with Crippen molar-refractivity contribution >= 4 is 57.2 Å². The van der Waals surface area contributed by atoms with Crippen LogP contribution in [0.2, 0.25) is 0 Å². The van der Waals surface area contributed by atoms with Gasteiger partial charge in [0.2, 0.25) is 0 Å². The van der Waals surface area contributed by atoms with E-state index in [0.717, 1.165) is 35.5 Å². The molecule has 0 amide bonds. The third-order valence-electron chi connectivity index (χ3n) is 14.3. The van der Waals surface area contributed by atoms with Gasteiger partial charge in [-0.2, -0.15) is 0 Å². The van der Waals surface area contributed by atoms with Crippen LogP contribution in [0.15, 0.2) is 109 Å². The Morgan fingerprint density at radius 2 is 1.00 bits per heavy atom. The second kappa shape index (κ2) is 13.7. The molecule has 0 unspecified atom stereocenters. The smallest absolute Gasteiger partial charge is 0.252 e. The molecule has 0 aromatic heterocycles. The van der Waals surface area contributed by atoms with Gasteiger partial charge in [0.05, 0.1) is 5.69 Å². The molecule has 0 atom stereocenters. The average Bonchev–Trinajstić information content (AvgIpc) is 3.18. The van der Waals surface area contributed by atoms with Crippen molar-refractivity contribution in [3.63, 3.8) is 0 Å². The van der Waals surface area contributed by atoms with Crippen LogP contribution >= 0.6 is 0 Å². The molecule has 61 heavy (non-hydrogen) atoms. The molecule has 0 saturated heterocycles. The van der Waals surface area contributed by atoms with Crippen LogP contribution in [0.25, 0.3) is 11.1 Å². The van der Waals surface area contributed by atoms with Gasteiger partial charge in [0.25, 0.3) is 6.71 Å². The van der Waals surface area contributed by atoms with Crippen LogP contribution in [0.5, 0.6) is 0 Å². The molecule has 6 aromatic carbocycles. The summed E-state index contributed by atoms with van der Waals surface area (Å²) in [6, 6.07) is 40.5. The SMILES string of the molecule is Cc1cc2c3c(c1)N(c1ccc(C(C)(C)C)cc1-c1ccccc1F)c1cc4c(cc1B3c1cc(C(C)(C)C)ccc1N2c1ccc(C(C)(C)C)cc1)C(C)(C)CCC4(C)C. The molecule has 0 bridgehead atoms. The van der Waals surface area contributed by atoms with Crippen LogP contribution in [0.4, 0.5) is 38.5 Å². The molecule has 0 saturated carbocycles. The van der Waals surface area contributed by atoms with E-state index in [-0.39, 0.29) is 39.6 Å². The van der Waals surface area contributed by atoms with E-state index in [1.807, 2.05) is 12.1 Å². The van der Waals surface area contributed by atoms with Crippen molar-refractivity contribution in [2.45, 2.75) is 137 Å². The van der Waals surface area contributed by atoms with Crippen molar-refractivity contribution in [2.75, 3.05) is 9.80 Å². The van der Waals surface area contributed by atoms with Gasteiger partial charge in [0.15, 0.2) is 0 Å². The minimum absolute atomic E-state index is 0.00600. The summed E-state index contributed by atoms with van der Waals surface area (Å²) in [4.78, 5) is 5.04. The van der Waals surface area contributed by atoms with Crippen molar-refractivity contribution in [1.29, 1.82) is 0 Å². The topological polar surface area (TPSA) is 6.48 Å². The second-order valence-corrected chi connectivity index (χ2v) is 22.8. The largest absolute Gasteiger partial charge is 0.311 e. The summed E-state index contributed by atoms with van der Waals surface area (Å²) in [5.74, 6) is -0.210. The van der Waals surface area contributed by atoms with Crippen LogP contribution in [0, 0.1) is 12.7 Å². The normalized spacial score (nSPS) is 16.5. The van der Waals surface area contributed by atoms with Crippen LogP contribution in [-0.4, -0.2) is 6.71 Å². The van der Waals surface area contributed by atoms with E-state index in [0.29, 0.717) is 5.56 Å². The third kappa shape index (κ3) is 6.75. The quantitative estimate of drug-likeness (QED) is 0.164. The van der Waals surface area contributed by atoms with Gasteiger partial charge in [-0.25, -0.2) is 4.39 Å². The maximum atomic E-state index is 16.3. The van der Waals surface area contributed by atoms with Crippen molar-refractivity contribution in [3.05, 3.63) is 148 Å². The summed E-state index contributed by atoms with van der Waals surface area (Å²) in [6.07, 6.45) is 2.26. The van der Waals surface area contributed by atoms with E-state index >= 15 is 4.39 Å². The van der Waals surface area contributed by atoms with Crippen LogP contribution in [-0.2, 0) is 27.1 Å². The highest BCUT2D eigenvalue weighted by molar-refractivity contribution is 7.00. The highest BCUT2D eigenvalue weighted by Crippen LogP contribution is 2.52. The summed E-state index contributed by atoms with van der Waals surface area (Å²) in [5, 5.41) is 0. The first kappa shape index (κ1) is 41.3. The predicted octanol–water partition coefficient (Wildman–Crippen LogP) is 14.1. The first-order chi connectivity index (χ1) is 28.5. The van der Waals surface area contributed by atoms with E-state index in [1.54, 1.807) is 12.1 Å². The number of fused-ring (bicyclic) bond motifs is 5. The van der Waals surface area contributed by atoms with Gasteiger partial charge in [0, 0.05) is 39.6 Å². The van der Waals surface area contributed by atoms with Gasteiger partial charge in [-0.15, -0.1) is 0 Å². The number of nitrogens with zero attached hydrogens (tertiary/aromatic N) is 2. The maximum absolute atomic E-state index is 16.3. The van der Waals surface area contributed by atoms with Crippen molar-refractivity contribution < 1.29 is 4.39 Å². The first-order valence-corrected chi connectivity index (χ1v) is 22.5. The molecule has 3 aliphatic rings. The highest BCUT2D eigenvalue weighted by Gasteiger charge is 2.47. The Bertz CT molecular complexity index is 2730. The fraction of sp³-hybridized carbons (Fsp3) is 0.368. The lowest BCUT2D eigenvalue weighted by molar-refractivity contribution is 0.332. The summed E-state index contributed by atoms with van der Waals surface area (Å²) in [5.41, 5.74) is 20.1. The molecule has 0 spiro atoms. The van der Waals surface area contributed by atoms with Gasteiger partial charge in [-0.05, 0) is 151 Å². The molecule has 4 heteroatoms. The molecule has 0 N–H and O–H groups in total. The predicted molar refractivity (Wildman–Crippen MR) is 262 cm³/mol. The Morgan fingerprint density at radius 1 is 0.492 bits per heavy atom. The number of anilines is 6. The highest BCUT2D eigenvalue weighted by atomic mass is 19.1. The van der Waals surface area contributed by atoms with E-state index < -0.39 is 0 Å². The average molecular weight is 807 g/mol. The number of hydrogen-bond acceptors (Lipinski definition) is 2. The minimum atomic E-state index is -0.210. The van der Waals surface area contributed by atoms with Gasteiger partial charge in [-0.3, -0.25) is 0 Å². The maximum Gasteiger partial charge on any atom is 0.252 e. The van der Waals surface area contributed by atoms with Gasteiger partial charge < -0.3 is 9.80 Å². The lowest BCUT2D eigenvalue weighted by atomic mass is 9.33. The van der Waals surface area contributed by atoms with Gasteiger partial charge in [-0.1, -0.05) is 145 Å². The molecule has 1 aliphatic carbocycles.